The standard InChI is InChI=1S/C22H19ClN4O3S/c1-14(28)24-19-10-8-16(23)12-20(19)26-21(30)11-9-17-13-31-22(25-17)27(15(2)29)18-6-4-3-5-7-18/h3-13H,1-2H3,(H,24,28)(H,26,30)/b11-9+. The van der Waals surface area contributed by atoms with Crippen LogP contribution in [0.25, 0.3) is 6.08 Å². The second-order valence-corrected chi connectivity index (χ2v) is 7.71. The van der Waals surface area contributed by atoms with Crippen LogP contribution >= 0.6 is 22.9 Å². The molecule has 0 unspecified atom stereocenters. The zero-order valence-electron chi connectivity index (χ0n) is 16.8. The minimum absolute atomic E-state index is 0.166. The second kappa shape index (κ2) is 10.0. The highest BCUT2D eigenvalue weighted by atomic mass is 35.5. The van der Waals surface area contributed by atoms with Crippen LogP contribution in [0.2, 0.25) is 5.02 Å². The van der Waals surface area contributed by atoms with Crippen molar-refractivity contribution in [3.8, 4) is 0 Å². The van der Waals surface area contributed by atoms with E-state index in [4.69, 9.17) is 11.6 Å². The normalized spacial score (nSPS) is 10.7. The predicted molar refractivity (Wildman–Crippen MR) is 125 cm³/mol. The number of carbonyl (C=O) groups excluding carboxylic acids is 3. The Bertz CT molecular complexity index is 1140. The number of benzene rings is 2. The number of halogens is 1. The summed E-state index contributed by atoms with van der Waals surface area (Å²) in [7, 11) is 0. The van der Waals surface area contributed by atoms with Gasteiger partial charge in [0.1, 0.15) is 0 Å². The highest BCUT2D eigenvalue weighted by molar-refractivity contribution is 7.14. The van der Waals surface area contributed by atoms with E-state index in [2.05, 4.69) is 15.6 Å². The molecule has 0 atom stereocenters. The smallest absolute Gasteiger partial charge is 0.248 e. The number of amides is 3. The molecule has 0 fully saturated rings. The first-order valence-electron chi connectivity index (χ1n) is 9.21. The van der Waals surface area contributed by atoms with Crippen molar-refractivity contribution < 1.29 is 14.4 Å². The Morgan fingerprint density at radius 1 is 1.03 bits per heavy atom. The minimum atomic E-state index is -0.421. The van der Waals surface area contributed by atoms with Gasteiger partial charge in [-0.2, -0.15) is 0 Å². The molecule has 1 heterocycles. The van der Waals surface area contributed by atoms with Crippen LogP contribution < -0.4 is 15.5 Å². The second-order valence-electron chi connectivity index (χ2n) is 6.44. The number of nitrogens with zero attached hydrogens (tertiary/aromatic N) is 2. The van der Waals surface area contributed by atoms with Crippen LogP contribution in [0.5, 0.6) is 0 Å². The fourth-order valence-electron chi connectivity index (χ4n) is 2.71. The molecule has 31 heavy (non-hydrogen) atoms. The lowest BCUT2D eigenvalue weighted by Crippen LogP contribution is -2.22. The van der Waals surface area contributed by atoms with Gasteiger partial charge in [-0.3, -0.25) is 19.3 Å². The molecule has 3 aromatic rings. The fraction of sp³-hybridized carbons (Fsp3) is 0.0909. The predicted octanol–water partition coefficient (Wildman–Crippen LogP) is 5.09. The highest BCUT2D eigenvalue weighted by Crippen LogP contribution is 2.29. The lowest BCUT2D eigenvalue weighted by Gasteiger charge is -2.17. The largest absolute Gasteiger partial charge is 0.325 e. The number of rotatable bonds is 6. The topological polar surface area (TPSA) is 91.4 Å². The summed E-state index contributed by atoms with van der Waals surface area (Å²) >= 11 is 7.29. The van der Waals surface area contributed by atoms with E-state index >= 15 is 0 Å². The zero-order chi connectivity index (χ0) is 22.4. The van der Waals surface area contributed by atoms with Gasteiger partial charge < -0.3 is 10.6 Å². The molecule has 158 valence electrons. The molecule has 1 aromatic heterocycles. The van der Waals surface area contributed by atoms with Crippen molar-refractivity contribution in [1.29, 1.82) is 0 Å². The maximum absolute atomic E-state index is 12.4. The summed E-state index contributed by atoms with van der Waals surface area (Å²) in [5.74, 6) is -0.855. The van der Waals surface area contributed by atoms with Crippen molar-refractivity contribution in [3.05, 3.63) is 70.7 Å². The molecule has 3 amide bonds. The van der Waals surface area contributed by atoms with Crippen LogP contribution in [0.4, 0.5) is 22.2 Å². The molecular weight excluding hydrogens is 436 g/mol. The Balaban J connectivity index is 1.74. The lowest BCUT2D eigenvalue weighted by atomic mass is 10.2. The van der Waals surface area contributed by atoms with E-state index in [1.807, 2.05) is 30.3 Å². The fourth-order valence-corrected chi connectivity index (χ4v) is 3.74. The minimum Gasteiger partial charge on any atom is -0.325 e. The number of aromatic nitrogens is 1. The zero-order valence-corrected chi connectivity index (χ0v) is 18.3. The van der Waals surface area contributed by atoms with Crippen LogP contribution in [-0.2, 0) is 14.4 Å². The van der Waals surface area contributed by atoms with Gasteiger partial charge in [-0.15, -0.1) is 11.3 Å². The number of thiazole rings is 1. The maximum Gasteiger partial charge on any atom is 0.248 e. The van der Waals surface area contributed by atoms with Gasteiger partial charge in [-0.1, -0.05) is 29.8 Å². The van der Waals surface area contributed by atoms with Crippen LogP contribution in [0.15, 0.2) is 60.0 Å². The monoisotopic (exact) mass is 454 g/mol. The van der Waals surface area contributed by atoms with Crippen molar-refractivity contribution in [2.24, 2.45) is 0 Å². The van der Waals surface area contributed by atoms with Crippen LogP contribution in [0.1, 0.15) is 19.5 Å². The molecule has 0 radical (unpaired) electrons. The third kappa shape index (κ3) is 6.00. The van der Waals surface area contributed by atoms with Gasteiger partial charge >= 0.3 is 0 Å². The molecule has 3 rings (SSSR count). The number of anilines is 4. The summed E-state index contributed by atoms with van der Waals surface area (Å²) in [5, 5.41) is 7.99. The van der Waals surface area contributed by atoms with Crippen molar-refractivity contribution >= 4 is 68.9 Å². The first-order chi connectivity index (χ1) is 14.8. The van der Waals surface area contributed by atoms with Crippen LogP contribution in [-0.4, -0.2) is 22.7 Å². The maximum atomic E-state index is 12.4. The summed E-state index contributed by atoms with van der Waals surface area (Å²) < 4.78 is 0. The van der Waals surface area contributed by atoms with E-state index in [0.29, 0.717) is 32.9 Å². The Morgan fingerprint density at radius 3 is 2.45 bits per heavy atom. The summed E-state index contributed by atoms with van der Waals surface area (Å²) in [6, 6.07) is 14.0. The highest BCUT2D eigenvalue weighted by Gasteiger charge is 2.17. The number of para-hydroxylation sites is 1. The quantitative estimate of drug-likeness (QED) is 0.507. The van der Waals surface area contributed by atoms with Crippen molar-refractivity contribution in [2.45, 2.75) is 13.8 Å². The molecule has 0 aliphatic heterocycles. The molecule has 0 saturated heterocycles. The molecule has 2 N–H and O–H groups in total. The molecule has 0 aliphatic carbocycles. The van der Waals surface area contributed by atoms with Gasteiger partial charge in [-0.25, -0.2) is 4.98 Å². The van der Waals surface area contributed by atoms with E-state index in [0.717, 1.165) is 0 Å². The molecule has 0 spiro atoms. The van der Waals surface area contributed by atoms with Crippen molar-refractivity contribution in [1.82, 2.24) is 4.98 Å². The molecule has 2 aromatic carbocycles. The Labute approximate surface area is 188 Å². The van der Waals surface area contributed by atoms with E-state index < -0.39 is 5.91 Å². The average molecular weight is 455 g/mol. The van der Waals surface area contributed by atoms with E-state index in [9.17, 15) is 14.4 Å². The Hall–Kier alpha value is -3.49. The number of carbonyl (C=O) groups is 3. The van der Waals surface area contributed by atoms with Gasteiger partial charge in [-0.05, 0) is 36.4 Å². The van der Waals surface area contributed by atoms with Gasteiger partial charge in [0.15, 0.2) is 5.13 Å². The van der Waals surface area contributed by atoms with E-state index in [1.165, 1.54) is 36.2 Å². The molecular formula is C22H19ClN4O3S. The van der Waals surface area contributed by atoms with Crippen molar-refractivity contribution in [2.75, 3.05) is 15.5 Å². The summed E-state index contributed by atoms with van der Waals surface area (Å²) in [4.78, 5) is 41.8. The summed E-state index contributed by atoms with van der Waals surface area (Å²) in [6.07, 6.45) is 2.86. The third-order valence-corrected chi connectivity index (χ3v) is 5.07. The molecule has 0 aliphatic rings. The summed E-state index contributed by atoms with van der Waals surface area (Å²) in [5.41, 5.74) is 2.06. The van der Waals surface area contributed by atoms with E-state index in [1.54, 1.807) is 29.7 Å². The Kier molecular flexibility index (Phi) is 7.17. The van der Waals surface area contributed by atoms with Gasteiger partial charge in [0, 0.05) is 30.3 Å². The number of nitrogens with one attached hydrogen (secondary N) is 2. The van der Waals surface area contributed by atoms with Crippen LogP contribution in [0, 0.1) is 0 Å². The molecule has 0 bridgehead atoms. The van der Waals surface area contributed by atoms with Gasteiger partial charge in [0.2, 0.25) is 17.7 Å². The molecule has 9 heteroatoms. The van der Waals surface area contributed by atoms with Crippen LogP contribution in [0.3, 0.4) is 0 Å². The lowest BCUT2D eigenvalue weighted by molar-refractivity contribution is -0.116. The van der Waals surface area contributed by atoms with Gasteiger partial charge in [0.25, 0.3) is 0 Å². The van der Waals surface area contributed by atoms with Crippen molar-refractivity contribution in [3.63, 3.8) is 0 Å². The molecule has 7 nitrogen and oxygen atoms in total. The average Bonchev–Trinajstić information content (AvgIpc) is 3.17. The number of hydrogen-bond donors (Lipinski definition) is 2. The first-order valence-corrected chi connectivity index (χ1v) is 10.5. The van der Waals surface area contributed by atoms with E-state index in [-0.39, 0.29) is 11.8 Å². The SMILES string of the molecule is CC(=O)Nc1ccc(Cl)cc1NC(=O)/C=C/c1csc(N(C(C)=O)c2ccccc2)n1. The third-order valence-electron chi connectivity index (χ3n) is 3.99. The Morgan fingerprint density at radius 2 is 1.77 bits per heavy atom. The first kappa shape index (κ1) is 22.2. The molecule has 0 saturated carbocycles. The van der Waals surface area contributed by atoms with Gasteiger partial charge in [0.05, 0.1) is 22.8 Å². The summed E-state index contributed by atoms with van der Waals surface area (Å²) in [6.45, 7) is 2.84. The number of hydrogen-bond acceptors (Lipinski definition) is 5.